The molecule has 0 saturated heterocycles. The maximum Gasteiger partial charge on any atom is 0.244 e. The van der Waals surface area contributed by atoms with Crippen LogP contribution in [0.5, 0.6) is 0 Å². The topological polar surface area (TPSA) is 65.7 Å². The van der Waals surface area contributed by atoms with Crippen molar-refractivity contribution in [3.05, 3.63) is 11.5 Å². The molecule has 0 saturated carbocycles. The lowest BCUT2D eigenvalue weighted by Crippen LogP contribution is -2.19. The van der Waals surface area contributed by atoms with E-state index in [9.17, 15) is 0 Å². The van der Waals surface area contributed by atoms with Crippen LogP contribution in [-0.4, -0.2) is 28.8 Å². The molecule has 1 rings (SSSR count). The summed E-state index contributed by atoms with van der Waals surface area (Å²) in [6.07, 6.45) is 1.95. The van der Waals surface area contributed by atoms with Crippen LogP contribution in [0.4, 0.5) is 5.82 Å². The molecule has 0 aliphatic carbocycles. The molecular weight excluding hydrogens is 190 g/mol. The fourth-order valence-electron chi connectivity index (χ4n) is 0.790. The van der Waals surface area contributed by atoms with Gasteiger partial charge in [-0.05, 0) is 11.6 Å². The fourth-order valence-corrected chi connectivity index (χ4v) is 0.920. The van der Waals surface area contributed by atoms with Gasteiger partial charge in [-0.15, -0.1) is 5.10 Å². The highest BCUT2D eigenvalue weighted by Crippen LogP contribution is 2.08. The van der Waals surface area contributed by atoms with Gasteiger partial charge in [-0.25, -0.2) is 0 Å². The summed E-state index contributed by atoms with van der Waals surface area (Å²) in [6.45, 7) is 0.603. The second kappa shape index (κ2) is 4.58. The first-order chi connectivity index (χ1) is 6.24. The predicted octanol–water partition coefficient (Wildman–Crippen LogP) is 0.875. The Kier molecular flexibility index (Phi) is 3.41. The lowest BCUT2D eigenvalue weighted by atomic mass is 10.4. The SMILES string of the molecule is CN(CCC#N)c1cnnc(Cl)n1. The summed E-state index contributed by atoms with van der Waals surface area (Å²) >= 11 is 5.55. The van der Waals surface area contributed by atoms with Crippen molar-refractivity contribution in [2.45, 2.75) is 6.42 Å². The number of nitriles is 1. The largest absolute Gasteiger partial charge is 0.357 e. The molecule has 0 spiro atoms. The van der Waals surface area contributed by atoms with E-state index < -0.39 is 0 Å². The van der Waals surface area contributed by atoms with Crippen LogP contribution in [0.3, 0.4) is 0 Å². The molecule has 1 heterocycles. The number of rotatable bonds is 3. The molecule has 0 bridgehead atoms. The van der Waals surface area contributed by atoms with Crippen molar-refractivity contribution in [1.82, 2.24) is 15.2 Å². The molecule has 13 heavy (non-hydrogen) atoms. The van der Waals surface area contributed by atoms with Crippen LogP contribution >= 0.6 is 11.6 Å². The maximum absolute atomic E-state index is 8.37. The Balaban J connectivity index is 2.66. The highest BCUT2D eigenvalue weighted by molar-refractivity contribution is 6.28. The van der Waals surface area contributed by atoms with E-state index in [4.69, 9.17) is 16.9 Å². The number of nitrogens with zero attached hydrogens (tertiary/aromatic N) is 5. The van der Waals surface area contributed by atoms with Crippen LogP contribution in [-0.2, 0) is 0 Å². The molecule has 0 unspecified atom stereocenters. The zero-order valence-electron chi connectivity index (χ0n) is 7.11. The van der Waals surface area contributed by atoms with E-state index in [1.165, 1.54) is 6.20 Å². The minimum Gasteiger partial charge on any atom is -0.357 e. The first-order valence-electron chi connectivity index (χ1n) is 3.67. The van der Waals surface area contributed by atoms with Crippen molar-refractivity contribution >= 4 is 17.4 Å². The fraction of sp³-hybridized carbons (Fsp3) is 0.429. The van der Waals surface area contributed by atoms with Crippen molar-refractivity contribution in [3.8, 4) is 6.07 Å². The average Bonchev–Trinajstić information content (AvgIpc) is 2.14. The highest BCUT2D eigenvalue weighted by Gasteiger charge is 2.03. The molecular formula is C7H8ClN5. The normalized spacial score (nSPS) is 9.31. The minimum absolute atomic E-state index is 0.112. The smallest absolute Gasteiger partial charge is 0.244 e. The van der Waals surface area contributed by atoms with Gasteiger partial charge in [0.05, 0.1) is 18.7 Å². The van der Waals surface area contributed by atoms with Crippen LogP contribution in [0.1, 0.15) is 6.42 Å². The van der Waals surface area contributed by atoms with Gasteiger partial charge in [0.25, 0.3) is 0 Å². The molecule has 0 aliphatic rings. The molecule has 0 amide bonds. The summed E-state index contributed by atoms with van der Waals surface area (Å²) in [5, 5.41) is 15.6. The Labute approximate surface area is 81.0 Å². The van der Waals surface area contributed by atoms with Crippen molar-refractivity contribution in [2.75, 3.05) is 18.5 Å². The average molecular weight is 198 g/mol. The monoisotopic (exact) mass is 197 g/mol. The third kappa shape index (κ3) is 2.84. The molecule has 0 N–H and O–H groups in total. The van der Waals surface area contributed by atoms with Crippen LogP contribution in [0, 0.1) is 11.3 Å². The van der Waals surface area contributed by atoms with Gasteiger partial charge in [-0.3, -0.25) is 0 Å². The zero-order chi connectivity index (χ0) is 9.68. The molecule has 5 nitrogen and oxygen atoms in total. The highest BCUT2D eigenvalue weighted by atomic mass is 35.5. The molecule has 0 aromatic carbocycles. The molecule has 0 radical (unpaired) electrons. The molecule has 0 atom stereocenters. The lowest BCUT2D eigenvalue weighted by Gasteiger charge is -2.14. The summed E-state index contributed by atoms with van der Waals surface area (Å²) in [7, 11) is 1.82. The van der Waals surface area contributed by atoms with Gasteiger partial charge in [0.1, 0.15) is 0 Å². The van der Waals surface area contributed by atoms with E-state index in [-0.39, 0.29) is 5.28 Å². The van der Waals surface area contributed by atoms with Crippen LogP contribution < -0.4 is 4.90 Å². The number of anilines is 1. The lowest BCUT2D eigenvalue weighted by molar-refractivity contribution is 0.856. The summed E-state index contributed by atoms with van der Waals surface area (Å²) in [4.78, 5) is 5.73. The van der Waals surface area contributed by atoms with E-state index in [1.807, 2.05) is 13.1 Å². The van der Waals surface area contributed by atoms with E-state index in [0.29, 0.717) is 18.8 Å². The predicted molar refractivity (Wildman–Crippen MR) is 48.3 cm³/mol. The van der Waals surface area contributed by atoms with Crippen molar-refractivity contribution in [3.63, 3.8) is 0 Å². The van der Waals surface area contributed by atoms with Crippen molar-refractivity contribution in [1.29, 1.82) is 5.26 Å². The first kappa shape index (κ1) is 9.68. The summed E-state index contributed by atoms with van der Waals surface area (Å²) < 4.78 is 0. The third-order valence-electron chi connectivity index (χ3n) is 1.47. The molecule has 1 aromatic rings. The van der Waals surface area contributed by atoms with Crippen molar-refractivity contribution in [2.24, 2.45) is 0 Å². The van der Waals surface area contributed by atoms with E-state index >= 15 is 0 Å². The number of hydrogen-bond donors (Lipinski definition) is 0. The van der Waals surface area contributed by atoms with Gasteiger partial charge in [0, 0.05) is 13.6 Å². The number of halogens is 1. The van der Waals surface area contributed by atoms with Gasteiger partial charge >= 0.3 is 0 Å². The van der Waals surface area contributed by atoms with E-state index in [2.05, 4.69) is 15.2 Å². The summed E-state index contributed by atoms with van der Waals surface area (Å²) in [5.74, 6) is 0.621. The van der Waals surface area contributed by atoms with Gasteiger partial charge in [-0.1, -0.05) is 0 Å². The molecule has 0 fully saturated rings. The third-order valence-corrected chi connectivity index (χ3v) is 1.63. The Morgan fingerprint density at radius 1 is 1.69 bits per heavy atom. The Morgan fingerprint density at radius 2 is 2.46 bits per heavy atom. The number of aromatic nitrogens is 3. The van der Waals surface area contributed by atoms with E-state index in [1.54, 1.807) is 4.90 Å². The Hall–Kier alpha value is -1.41. The van der Waals surface area contributed by atoms with Gasteiger partial charge < -0.3 is 4.90 Å². The van der Waals surface area contributed by atoms with Gasteiger partial charge in [0.2, 0.25) is 5.28 Å². The van der Waals surface area contributed by atoms with Crippen LogP contribution in [0.15, 0.2) is 6.20 Å². The number of hydrogen-bond acceptors (Lipinski definition) is 5. The molecule has 0 aliphatic heterocycles. The summed E-state index contributed by atoms with van der Waals surface area (Å²) in [6, 6.07) is 2.04. The maximum atomic E-state index is 8.37. The standard InChI is InChI=1S/C7H8ClN5/c1-13(4-2-3-9)6-5-10-12-7(8)11-6/h5H,2,4H2,1H3. The Morgan fingerprint density at radius 3 is 3.08 bits per heavy atom. The van der Waals surface area contributed by atoms with Crippen LogP contribution in [0.2, 0.25) is 5.28 Å². The first-order valence-corrected chi connectivity index (χ1v) is 4.05. The minimum atomic E-state index is 0.112. The zero-order valence-corrected chi connectivity index (χ0v) is 7.86. The Bertz CT molecular complexity index is 321. The van der Waals surface area contributed by atoms with E-state index in [0.717, 1.165) is 0 Å². The quantitative estimate of drug-likeness (QED) is 0.720. The summed E-state index contributed by atoms with van der Waals surface area (Å²) in [5.41, 5.74) is 0. The van der Waals surface area contributed by atoms with Gasteiger partial charge in [-0.2, -0.15) is 15.3 Å². The molecule has 6 heteroatoms. The second-order valence-corrected chi connectivity index (χ2v) is 2.75. The second-order valence-electron chi connectivity index (χ2n) is 2.41. The van der Waals surface area contributed by atoms with Crippen LogP contribution in [0.25, 0.3) is 0 Å². The molecule has 1 aromatic heterocycles. The van der Waals surface area contributed by atoms with Gasteiger partial charge in [0.15, 0.2) is 5.82 Å². The molecule has 68 valence electrons. The van der Waals surface area contributed by atoms with Crippen molar-refractivity contribution < 1.29 is 0 Å².